The monoisotopic (exact) mass is 234 g/mol. The molecule has 0 spiro atoms. The van der Waals surface area contributed by atoms with Crippen LogP contribution in [0.25, 0.3) is 0 Å². The van der Waals surface area contributed by atoms with Gasteiger partial charge in [-0.2, -0.15) is 5.26 Å². The van der Waals surface area contributed by atoms with Crippen molar-refractivity contribution in [3.05, 3.63) is 35.4 Å². The first kappa shape index (κ1) is 15.2. The zero-order valence-electron chi connectivity index (χ0n) is 10.9. The Labute approximate surface area is 105 Å². The SMILES string of the molecule is CC.CNC(=O)c1cccc(C(C)CC#N)c1.[HH]. The molecule has 0 radical (unpaired) electrons. The molecular weight excluding hydrogens is 212 g/mol. The summed E-state index contributed by atoms with van der Waals surface area (Å²) in [5.41, 5.74) is 1.66. The summed E-state index contributed by atoms with van der Waals surface area (Å²) in [6, 6.07) is 9.51. The van der Waals surface area contributed by atoms with Gasteiger partial charge in [-0.3, -0.25) is 4.79 Å². The first-order chi connectivity index (χ1) is 8.19. The third-order valence-corrected chi connectivity index (χ3v) is 2.34. The molecule has 1 unspecified atom stereocenters. The number of nitrogens with one attached hydrogen (secondary N) is 1. The van der Waals surface area contributed by atoms with E-state index in [2.05, 4.69) is 11.4 Å². The fraction of sp³-hybridized carbons (Fsp3) is 0.429. The molecule has 0 bridgehead atoms. The largest absolute Gasteiger partial charge is 0.355 e. The van der Waals surface area contributed by atoms with Gasteiger partial charge in [0.25, 0.3) is 5.91 Å². The molecule has 1 rings (SSSR count). The van der Waals surface area contributed by atoms with Gasteiger partial charge in [0.05, 0.1) is 6.07 Å². The summed E-state index contributed by atoms with van der Waals surface area (Å²) in [5, 5.41) is 11.2. The number of hydrogen-bond donors (Lipinski definition) is 1. The van der Waals surface area contributed by atoms with Gasteiger partial charge in [0.1, 0.15) is 0 Å². The number of carbonyl (C=O) groups is 1. The average Bonchev–Trinajstić information content (AvgIpc) is 2.40. The minimum Gasteiger partial charge on any atom is -0.355 e. The average molecular weight is 234 g/mol. The predicted molar refractivity (Wildman–Crippen MR) is 71.9 cm³/mol. The minimum atomic E-state index is -0.0963. The van der Waals surface area contributed by atoms with Crippen LogP contribution in [0.3, 0.4) is 0 Å². The van der Waals surface area contributed by atoms with Crippen molar-refractivity contribution < 1.29 is 6.22 Å². The van der Waals surface area contributed by atoms with Crippen molar-refractivity contribution in [2.24, 2.45) is 0 Å². The Kier molecular flexibility index (Phi) is 7.45. The number of amides is 1. The van der Waals surface area contributed by atoms with Crippen LogP contribution in [0.15, 0.2) is 24.3 Å². The second kappa shape index (κ2) is 8.35. The zero-order chi connectivity index (χ0) is 13.3. The van der Waals surface area contributed by atoms with Crippen LogP contribution < -0.4 is 5.32 Å². The standard InChI is InChI=1S/C12H14N2O.C2H6.H2/c1-9(6-7-13)10-4-3-5-11(8-10)12(15)14-2;1-2;/h3-5,8-9H,6H2,1-2H3,(H,14,15);1-2H3;1H. The van der Waals surface area contributed by atoms with Gasteiger partial charge in [0.2, 0.25) is 0 Å². The summed E-state index contributed by atoms with van der Waals surface area (Å²) < 4.78 is 0. The van der Waals surface area contributed by atoms with Crippen LogP contribution in [-0.2, 0) is 0 Å². The van der Waals surface area contributed by atoms with Crippen molar-refractivity contribution in [1.82, 2.24) is 5.32 Å². The van der Waals surface area contributed by atoms with Gasteiger partial charge in [0, 0.05) is 20.5 Å². The molecule has 0 aliphatic rings. The Morgan fingerprint density at radius 1 is 1.53 bits per heavy atom. The Morgan fingerprint density at radius 3 is 2.71 bits per heavy atom. The summed E-state index contributed by atoms with van der Waals surface area (Å²) in [6.45, 7) is 5.98. The number of nitrogens with zero attached hydrogens (tertiary/aromatic N) is 1. The molecular formula is C14H22N2O. The first-order valence-electron chi connectivity index (χ1n) is 5.88. The molecule has 94 valence electrons. The van der Waals surface area contributed by atoms with Crippen molar-refractivity contribution in [3.8, 4) is 6.07 Å². The van der Waals surface area contributed by atoms with E-state index in [0.29, 0.717) is 12.0 Å². The summed E-state index contributed by atoms with van der Waals surface area (Å²) in [5.74, 6) is 0.0700. The van der Waals surface area contributed by atoms with E-state index >= 15 is 0 Å². The van der Waals surface area contributed by atoms with Crippen LogP contribution in [0.1, 0.15) is 50.5 Å². The Bertz CT molecular complexity index is 399. The van der Waals surface area contributed by atoms with Gasteiger partial charge < -0.3 is 5.32 Å². The molecule has 1 aromatic rings. The van der Waals surface area contributed by atoms with E-state index in [9.17, 15) is 4.79 Å². The maximum atomic E-state index is 11.4. The maximum absolute atomic E-state index is 11.4. The van der Waals surface area contributed by atoms with Gasteiger partial charge in [-0.15, -0.1) is 0 Å². The second-order valence-corrected chi connectivity index (χ2v) is 3.47. The quantitative estimate of drug-likeness (QED) is 0.872. The zero-order valence-corrected chi connectivity index (χ0v) is 10.9. The number of benzene rings is 1. The van der Waals surface area contributed by atoms with Crippen molar-refractivity contribution >= 4 is 5.91 Å². The van der Waals surface area contributed by atoms with E-state index in [4.69, 9.17) is 5.26 Å². The molecule has 1 amide bonds. The molecule has 3 nitrogen and oxygen atoms in total. The fourth-order valence-electron chi connectivity index (χ4n) is 1.39. The molecule has 0 aliphatic heterocycles. The molecule has 3 heteroatoms. The lowest BCUT2D eigenvalue weighted by molar-refractivity contribution is 0.0963. The third kappa shape index (κ3) is 4.69. The van der Waals surface area contributed by atoms with Gasteiger partial charge in [0.15, 0.2) is 0 Å². The van der Waals surface area contributed by atoms with E-state index in [1.165, 1.54) is 0 Å². The smallest absolute Gasteiger partial charge is 0.251 e. The summed E-state index contributed by atoms with van der Waals surface area (Å²) >= 11 is 0. The van der Waals surface area contributed by atoms with Crippen molar-refractivity contribution in [2.75, 3.05) is 7.05 Å². The lowest BCUT2D eigenvalue weighted by Crippen LogP contribution is -2.17. The summed E-state index contributed by atoms with van der Waals surface area (Å²) in [4.78, 5) is 11.4. The van der Waals surface area contributed by atoms with Crippen LogP contribution >= 0.6 is 0 Å². The predicted octanol–water partition coefficient (Wildman–Crippen LogP) is 3.34. The van der Waals surface area contributed by atoms with Crippen LogP contribution in [0.5, 0.6) is 0 Å². The minimum absolute atomic E-state index is 0. The lowest BCUT2D eigenvalue weighted by atomic mass is 9.96. The first-order valence-corrected chi connectivity index (χ1v) is 5.88. The summed E-state index contributed by atoms with van der Waals surface area (Å²) in [7, 11) is 1.60. The Hall–Kier alpha value is -1.82. The van der Waals surface area contributed by atoms with Gasteiger partial charge in [-0.25, -0.2) is 0 Å². The van der Waals surface area contributed by atoms with Gasteiger partial charge in [-0.05, 0) is 23.6 Å². The van der Waals surface area contributed by atoms with Crippen molar-refractivity contribution in [3.63, 3.8) is 0 Å². The maximum Gasteiger partial charge on any atom is 0.251 e. The number of carbonyl (C=O) groups excluding carboxylic acids is 1. The highest BCUT2D eigenvalue weighted by Crippen LogP contribution is 2.19. The van der Waals surface area contributed by atoms with E-state index < -0.39 is 0 Å². The van der Waals surface area contributed by atoms with Crippen LogP contribution in [0, 0.1) is 11.3 Å². The highest BCUT2D eigenvalue weighted by Gasteiger charge is 2.08. The molecule has 0 heterocycles. The Morgan fingerprint density at radius 2 is 2.18 bits per heavy atom. The third-order valence-electron chi connectivity index (χ3n) is 2.34. The normalized spacial score (nSPS) is 10.5. The highest BCUT2D eigenvalue weighted by molar-refractivity contribution is 5.94. The van der Waals surface area contributed by atoms with Gasteiger partial charge >= 0.3 is 0 Å². The van der Waals surface area contributed by atoms with E-state index in [1.54, 1.807) is 13.1 Å². The molecule has 1 N–H and O–H groups in total. The van der Waals surface area contributed by atoms with Crippen LogP contribution in [0.4, 0.5) is 0 Å². The molecule has 1 aromatic carbocycles. The number of hydrogen-bond acceptors (Lipinski definition) is 2. The molecule has 0 saturated carbocycles. The van der Waals surface area contributed by atoms with Crippen molar-refractivity contribution in [2.45, 2.75) is 33.1 Å². The fourth-order valence-corrected chi connectivity index (χ4v) is 1.39. The van der Waals surface area contributed by atoms with E-state index in [0.717, 1.165) is 5.56 Å². The summed E-state index contributed by atoms with van der Waals surface area (Å²) in [6.07, 6.45) is 0.469. The number of nitriles is 1. The molecule has 0 fully saturated rings. The second-order valence-electron chi connectivity index (χ2n) is 3.47. The molecule has 0 saturated heterocycles. The molecule has 0 aliphatic carbocycles. The van der Waals surface area contributed by atoms with Crippen molar-refractivity contribution in [1.29, 1.82) is 5.26 Å². The van der Waals surface area contributed by atoms with E-state index in [-0.39, 0.29) is 13.3 Å². The van der Waals surface area contributed by atoms with Gasteiger partial charge in [-0.1, -0.05) is 32.9 Å². The molecule has 1 atom stereocenters. The highest BCUT2D eigenvalue weighted by atomic mass is 16.1. The topological polar surface area (TPSA) is 52.9 Å². The van der Waals surface area contributed by atoms with Crippen LogP contribution in [-0.4, -0.2) is 13.0 Å². The molecule has 0 aromatic heterocycles. The lowest BCUT2D eigenvalue weighted by Gasteiger charge is -2.08. The number of rotatable bonds is 3. The van der Waals surface area contributed by atoms with Crippen LogP contribution in [0.2, 0.25) is 0 Å². The van der Waals surface area contributed by atoms with E-state index in [1.807, 2.05) is 39.0 Å². The molecule has 17 heavy (non-hydrogen) atoms. The Balaban J connectivity index is 0.